The first-order valence-corrected chi connectivity index (χ1v) is 9.83. The van der Waals surface area contributed by atoms with E-state index in [9.17, 15) is 4.79 Å². The molecule has 2 aromatic heterocycles. The molecule has 5 nitrogen and oxygen atoms in total. The van der Waals surface area contributed by atoms with Crippen LogP contribution in [0.3, 0.4) is 0 Å². The molecule has 0 saturated carbocycles. The van der Waals surface area contributed by atoms with Gasteiger partial charge in [-0.15, -0.1) is 11.3 Å². The molecule has 1 aliphatic carbocycles. The third kappa shape index (κ3) is 3.70. The number of nitrogens with zero attached hydrogens (tertiary/aromatic N) is 3. The Hall–Kier alpha value is -1.92. The van der Waals surface area contributed by atoms with E-state index in [0.717, 1.165) is 55.4 Å². The molecule has 1 aliphatic heterocycles. The van der Waals surface area contributed by atoms with Gasteiger partial charge in [0.15, 0.2) is 0 Å². The van der Waals surface area contributed by atoms with E-state index in [4.69, 9.17) is 0 Å². The van der Waals surface area contributed by atoms with Crippen molar-refractivity contribution in [1.82, 2.24) is 9.88 Å². The normalized spacial score (nSPS) is 18.0. The molecule has 4 rings (SSSR count). The summed E-state index contributed by atoms with van der Waals surface area (Å²) >= 11 is 1.64. The molecule has 0 spiro atoms. The molecule has 0 radical (unpaired) electrons. The van der Waals surface area contributed by atoms with Gasteiger partial charge in [-0.2, -0.15) is 0 Å². The molecule has 2 aromatic rings. The zero-order valence-electron chi connectivity index (χ0n) is 14.6. The fraction of sp³-hybridized carbons (Fsp3) is 0.474. The molecule has 0 aromatic carbocycles. The zero-order chi connectivity index (χ0) is 17.2. The van der Waals surface area contributed by atoms with Crippen LogP contribution >= 0.6 is 11.3 Å². The first-order chi connectivity index (χ1) is 12.2. The number of amides is 1. The van der Waals surface area contributed by atoms with Gasteiger partial charge >= 0.3 is 0 Å². The number of thiophene rings is 1. The van der Waals surface area contributed by atoms with E-state index in [0.29, 0.717) is 0 Å². The monoisotopic (exact) mass is 356 g/mol. The highest BCUT2D eigenvalue weighted by atomic mass is 32.1. The van der Waals surface area contributed by atoms with Crippen LogP contribution in [-0.2, 0) is 12.8 Å². The Morgan fingerprint density at radius 3 is 2.68 bits per heavy atom. The van der Waals surface area contributed by atoms with Gasteiger partial charge in [-0.3, -0.25) is 4.79 Å². The van der Waals surface area contributed by atoms with E-state index in [1.807, 2.05) is 12.1 Å². The molecule has 132 valence electrons. The quantitative estimate of drug-likeness (QED) is 0.918. The van der Waals surface area contributed by atoms with Gasteiger partial charge in [-0.1, -0.05) is 0 Å². The summed E-state index contributed by atoms with van der Waals surface area (Å²) in [6.07, 6.45) is 6.47. The van der Waals surface area contributed by atoms with Crippen molar-refractivity contribution in [2.24, 2.45) is 0 Å². The van der Waals surface area contributed by atoms with Gasteiger partial charge in [0.05, 0.1) is 16.8 Å². The highest BCUT2D eigenvalue weighted by Gasteiger charge is 2.18. The van der Waals surface area contributed by atoms with Crippen molar-refractivity contribution in [2.75, 3.05) is 43.4 Å². The number of piperazine rings is 1. The second-order valence-corrected chi connectivity index (χ2v) is 8.05. The maximum Gasteiger partial charge on any atom is 0.265 e. The number of aromatic nitrogens is 1. The second-order valence-electron chi connectivity index (χ2n) is 6.92. The molecular weight excluding hydrogens is 332 g/mol. The first-order valence-electron chi connectivity index (χ1n) is 9.01. The Labute approximate surface area is 152 Å². The topological polar surface area (TPSA) is 48.5 Å². The standard InChI is InChI=1S/C19H24N4OS/c1-22-8-10-23(11-9-22)18-7-6-15(13-20-18)21-19(24)17-12-14-4-2-3-5-16(14)25-17/h6-7,12-13H,2-5,8-11H2,1H3,(H,21,24). The van der Waals surface area contributed by atoms with Gasteiger partial charge in [0, 0.05) is 31.1 Å². The minimum Gasteiger partial charge on any atom is -0.354 e. The van der Waals surface area contributed by atoms with Crippen LogP contribution in [0.2, 0.25) is 0 Å². The third-order valence-electron chi connectivity index (χ3n) is 5.05. The van der Waals surface area contributed by atoms with Gasteiger partial charge < -0.3 is 15.1 Å². The first kappa shape index (κ1) is 16.5. The molecule has 6 heteroatoms. The fourth-order valence-corrected chi connectivity index (χ4v) is 4.63. The Bertz CT molecular complexity index is 724. The average Bonchev–Trinajstić information content (AvgIpc) is 3.07. The van der Waals surface area contributed by atoms with E-state index >= 15 is 0 Å². The van der Waals surface area contributed by atoms with Crippen molar-refractivity contribution in [3.05, 3.63) is 39.7 Å². The Kier molecular flexibility index (Phi) is 4.72. The van der Waals surface area contributed by atoms with Crippen LogP contribution in [0.5, 0.6) is 0 Å². The summed E-state index contributed by atoms with van der Waals surface area (Å²) in [6.45, 7) is 4.11. The maximum absolute atomic E-state index is 12.5. The number of hydrogen-bond acceptors (Lipinski definition) is 5. The van der Waals surface area contributed by atoms with Crippen molar-refractivity contribution >= 4 is 28.7 Å². The number of anilines is 2. The Balaban J connectivity index is 1.40. The molecule has 1 saturated heterocycles. The Morgan fingerprint density at radius 1 is 1.16 bits per heavy atom. The molecule has 25 heavy (non-hydrogen) atoms. The van der Waals surface area contributed by atoms with Crippen molar-refractivity contribution in [3.8, 4) is 0 Å². The highest BCUT2D eigenvalue weighted by Crippen LogP contribution is 2.30. The third-order valence-corrected chi connectivity index (χ3v) is 6.29. The number of carbonyl (C=O) groups is 1. The number of pyridine rings is 1. The smallest absolute Gasteiger partial charge is 0.265 e. The SMILES string of the molecule is CN1CCN(c2ccc(NC(=O)c3cc4c(s3)CCCC4)cn2)CC1. The van der Waals surface area contributed by atoms with E-state index in [1.165, 1.54) is 23.3 Å². The van der Waals surface area contributed by atoms with Crippen LogP contribution in [-0.4, -0.2) is 49.0 Å². The summed E-state index contributed by atoms with van der Waals surface area (Å²) in [5.41, 5.74) is 2.12. The number of nitrogens with one attached hydrogen (secondary N) is 1. The number of rotatable bonds is 3. The van der Waals surface area contributed by atoms with Crippen LogP contribution in [0.25, 0.3) is 0 Å². The van der Waals surface area contributed by atoms with Crippen LogP contribution in [0, 0.1) is 0 Å². The molecule has 1 N–H and O–H groups in total. The molecule has 3 heterocycles. The van der Waals surface area contributed by atoms with Crippen LogP contribution in [0.15, 0.2) is 24.4 Å². The van der Waals surface area contributed by atoms with E-state index in [2.05, 4.69) is 33.2 Å². The lowest BCUT2D eigenvalue weighted by atomic mass is 9.99. The average molecular weight is 356 g/mol. The fourth-order valence-electron chi connectivity index (χ4n) is 3.48. The summed E-state index contributed by atoms with van der Waals surface area (Å²) in [4.78, 5) is 23.9. The van der Waals surface area contributed by atoms with Crippen LogP contribution in [0.1, 0.15) is 33.0 Å². The van der Waals surface area contributed by atoms with Gasteiger partial charge in [0.1, 0.15) is 5.82 Å². The highest BCUT2D eigenvalue weighted by molar-refractivity contribution is 7.14. The number of carbonyl (C=O) groups excluding carboxylic acids is 1. The molecule has 0 unspecified atom stereocenters. The summed E-state index contributed by atoms with van der Waals surface area (Å²) in [5.74, 6) is 0.964. The summed E-state index contributed by atoms with van der Waals surface area (Å²) in [5, 5.41) is 2.99. The number of hydrogen-bond donors (Lipinski definition) is 1. The lowest BCUT2D eigenvalue weighted by Crippen LogP contribution is -2.44. The largest absolute Gasteiger partial charge is 0.354 e. The molecule has 0 bridgehead atoms. The molecule has 0 atom stereocenters. The van der Waals surface area contributed by atoms with Gasteiger partial charge in [0.2, 0.25) is 0 Å². The van der Waals surface area contributed by atoms with Crippen molar-refractivity contribution in [1.29, 1.82) is 0 Å². The number of aryl methyl sites for hydroxylation is 2. The van der Waals surface area contributed by atoms with Crippen molar-refractivity contribution in [2.45, 2.75) is 25.7 Å². The minimum absolute atomic E-state index is 0.0199. The zero-order valence-corrected chi connectivity index (χ0v) is 15.4. The van der Waals surface area contributed by atoms with Crippen molar-refractivity contribution < 1.29 is 4.79 Å². The lowest BCUT2D eigenvalue weighted by Gasteiger charge is -2.33. The van der Waals surface area contributed by atoms with Gasteiger partial charge in [0.25, 0.3) is 5.91 Å². The predicted octanol–water partition coefficient (Wildman–Crippen LogP) is 3.03. The maximum atomic E-state index is 12.5. The van der Waals surface area contributed by atoms with Gasteiger partial charge in [-0.25, -0.2) is 4.98 Å². The lowest BCUT2D eigenvalue weighted by molar-refractivity contribution is 0.103. The van der Waals surface area contributed by atoms with Crippen LogP contribution < -0.4 is 10.2 Å². The van der Waals surface area contributed by atoms with E-state index < -0.39 is 0 Å². The Morgan fingerprint density at radius 2 is 1.96 bits per heavy atom. The van der Waals surface area contributed by atoms with E-state index in [1.54, 1.807) is 17.5 Å². The molecule has 1 fully saturated rings. The van der Waals surface area contributed by atoms with E-state index in [-0.39, 0.29) is 5.91 Å². The predicted molar refractivity (Wildman–Crippen MR) is 103 cm³/mol. The van der Waals surface area contributed by atoms with Gasteiger partial charge in [-0.05, 0) is 56.5 Å². The number of likely N-dealkylation sites (N-methyl/N-ethyl adjacent to an activating group) is 1. The molecule has 2 aliphatic rings. The summed E-state index contributed by atoms with van der Waals surface area (Å²) in [6, 6.07) is 6.02. The summed E-state index contributed by atoms with van der Waals surface area (Å²) < 4.78 is 0. The van der Waals surface area contributed by atoms with Crippen molar-refractivity contribution in [3.63, 3.8) is 0 Å². The molecular formula is C19H24N4OS. The number of fused-ring (bicyclic) bond motifs is 1. The van der Waals surface area contributed by atoms with Crippen LogP contribution in [0.4, 0.5) is 11.5 Å². The second kappa shape index (κ2) is 7.14. The minimum atomic E-state index is -0.0199. The molecule has 1 amide bonds. The summed E-state index contributed by atoms with van der Waals surface area (Å²) in [7, 11) is 2.14.